The average molecular weight is 704 g/mol. The van der Waals surface area contributed by atoms with Crippen LogP contribution in [-0.4, -0.2) is 50.4 Å². The van der Waals surface area contributed by atoms with Crippen molar-refractivity contribution >= 4 is 78.0 Å². The molecule has 0 spiro atoms. The molecule has 4 aromatic rings. The second-order valence-electron chi connectivity index (χ2n) is 9.33. The van der Waals surface area contributed by atoms with E-state index < -0.39 is 0 Å². The van der Waals surface area contributed by atoms with Gasteiger partial charge in [-0.25, -0.2) is 0 Å². The molecule has 0 saturated heterocycles. The number of benzene rings is 4. The number of likely N-dealkylation sites (N-methyl/N-ethyl adjacent to an activating group) is 2. The summed E-state index contributed by atoms with van der Waals surface area (Å²) in [5.74, 6) is -0.0565. The van der Waals surface area contributed by atoms with Crippen molar-refractivity contribution in [2.24, 2.45) is 9.98 Å². The van der Waals surface area contributed by atoms with Gasteiger partial charge in [-0.15, -0.1) is 0 Å². The topological polar surface area (TPSA) is 65.3 Å². The minimum absolute atomic E-state index is 0.0282. The molecule has 0 unspecified atom stereocenters. The van der Waals surface area contributed by atoms with E-state index in [9.17, 15) is 9.59 Å². The second kappa shape index (κ2) is 15.5. The van der Waals surface area contributed by atoms with Gasteiger partial charge in [-0.2, -0.15) is 0 Å². The average Bonchev–Trinajstić information content (AvgIpc) is 3.22. The molecule has 0 aliphatic carbocycles. The molecule has 11 heteroatoms. The van der Waals surface area contributed by atoms with Gasteiger partial charge in [-0.1, -0.05) is 83.9 Å². The molecule has 43 heavy (non-hydrogen) atoms. The molecule has 2 aliphatic heterocycles. The van der Waals surface area contributed by atoms with Gasteiger partial charge in [0.25, 0.3) is 0 Å². The number of carbonyl (C=O) groups is 2. The Balaban J connectivity index is 0.000000181. The van der Waals surface area contributed by atoms with E-state index in [0.717, 1.165) is 58.2 Å². The van der Waals surface area contributed by atoms with Gasteiger partial charge >= 0.3 is 33.3 Å². The number of benzodiazepines with no additional fused rings is 2. The summed E-state index contributed by atoms with van der Waals surface area (Å²) in [6.45, 7) is 0.292. The van der Waals surface area contributed by atoms with Crippen molar-refractivity contribution in [1.29, 1.82) is 0 Å². The first-order chi connectivity index (χ1) is 20.7. The first-order valence-electron chi connectivity index (χ1n) is 12.9. The van der Waals surface area contributed by atoms with Crippen LogP contribution >= 0.6 is 43.4 Å². The van der Waals surface area contributed by atoms with E-state index in [1.807, 2.05) is 84.9 Å². The summed E-state index contributed by atoms with van der Waals surface area (Å²) >= 11 is 13.0. The van der Waals surface area contributed by atoms with Crippen LogP contribution in [0.15, 0.2) is 107 Å². The Labute approximate surface area is 275 Å². The van der Waals surface area contributed by atoms with Gasteiger partial charge in [0.05, 0.1) is 22.8 Å². The first-order valence-corrected chi connectivity index (χ1v) is 16.2. The molecule has 4 aromatic carbocycles. The molecule has 0 aromatic heterocycles. The summed E-state index contributed by atoms with van der Waals surface area (Å²) in [7, 11) is 12.9. The minimum atomic E-state index is -0.0282. The Bertz CT molecular complexity index is 1540. The molecule has 0 saturated carbocycles. The third-order valence-electron chi connectivity index (χ3n) is 6.74. The van der Waals surface area contributed by atoms with Crippen LogP contribution in [0, 0.1) is 0 Å². The summed E-state index contributed by atoms with van der Waals surface area (Å²) in [6, 6.07) is 30.7. The van der Waals surface area contributed by atoms with Crippen LogP contribution < -0.4 is 9.80 Å². The Hall–Kier alpha value is -3.16. The molecule has 6 nitrogen and oxygen atoms in total. The molecule has 2 aliphatic rings. The number of carbonyl (C=O) groups excluding carboxylic acids is 2. The van der Waals surface area contributed by atoms with Gasteiger partial charge < -0.3 is 9.80 Å². The molecule has 0 bridgehead atoms. The molecule has 6 rings (SSSR count). The molecular formula is C32H26Cl4CuN4O2. The van der Waals surface area contributed by atoms with Gasteiger partial charge in [0.1, 0.15) is 13.1 Å². The Kier molecular flexibility index (Phi) is 11.8. The van der Waals surface area contributed by atoms with E-state index in [1.54, 1.807) is 36.0 Å². The van der Waals surface area contributed by atoms with E-state index in [-0.39, 0.29) is 24.9 Å². The van der Waals surface area contributed by atoms with Crippen LogP contribution in [-0.2, 0) is 22.7 Å². The Morgan fingerprint density at radius 2 is 0.953 bits per heavy atom. The Morgan fingerprint density at radius 3 is 1.30 bits per heavy atom. The van der Waals surface area contributed by atoms with Crippen molar-refractivity contribution in [1.82, 2.24) is 0 Å². The normalized spacial score (nSPS) is 14.1. The summed E-state index contributed by atoms with van der Waals surface area (Å²) in [5.41, 5.74) is 7.02. The van der Waals surface area contributed by atoms with Gasteiger partial charge in [-0.05, 0) is 36.4 Å². The fourth-order valence-electron chi connectivity index (χ4n) is 4.61. The SMILES string of the molecule is CN1C(=O)CN=C(c2ccccc2)c2cc(Cl)ccc21.CN1C(=O)CN=C(c2ccccc2)c2cc(Cl)ccc21.[Cl][Cu][Cl]. The molecule has 0 radical (unpaired) electrons. The standard InChI is InChI=1S/2C16H13ClN2O.2ClH.Cu/c2*1-19-14-8-7-12(17)9-13(14)16(18-10-15(19)20)11-5-3-2-4-6-11;;;/h2*2-9H,10H2,1H3;2*1H;/q;;;;+2/p-2. The number of amides is 2. The number of hydrogen-bond acceptors (Lipinski definition) is 4. The molecule has 2 heterocycles. The fraction of sp³-hybridized carbons (Fsp3) is 0.125. The number of rotatable bonds is 2. The van der Waals surface area contributed by atoms with Gasteiger partial charge in [0, 0.05) is 46.4 Å². The van der Waals surface area contributed by atoms with Crippen LogP contribution in [0.5, 0.6) is 0 Å². The molecule has 0 fully saturated rings. The van der Waals surface area contributed by atoms with Crippen LogP contribution in [0.3, 0.4) is 0 Å². The maximum atomic E-state index is 12.0. The molecule has 225 valence electrons. The number of nitrogens with zero attached hydrogens (tertiary/aromatic N) is 4. The zero-order valence-electron chi connectivity index (χ0n) is 23.1. The van der Waals surface area contributed by atoms with Crippen molar-refractivity contribution in [3.8, 4) is 0 Å². The van der Waals surface area contributed by atoms with Crippen molar-refractivity contribution < 1.29 is 22.7 Å². The molecule has 2 amide bonds. The molecule has 0 N–H and O–H groups in total. The summed E-state index contributed by atoms with van der Waals surface area (Å²) in [6.07, 6.45) is 0. The molecule has 0 atom stereocenters. The predicted octanol–water partition coefficient (Wildman–Crippen LogP) is 7.68. The summed E-state index contributed by atoms with van der Waals surface area (Å²) < 4.78 is 0. The van der Waals surface area contributed by atoms with E-state index >= 15 is 0 Å². The Morgan fingerprint density at radius 1 is 0.605 bits per heavy atom. The van der Waals surface area contributed by atoms with Crippen molar-refractivity contribution in [3.05, 3.63) is 129 Å². The van der Waals surface area contributed by atoms with Gasteiger partial charge in [-0.3, -0.25) is 19.6 Å². The van der Waals surface area contributed by atoms with Crippen LogP contribution in [0.2, 0.25) is 10.0 Å². The van der Waals surface area contributed by atoms with Crippen LogP contribution in [0.25, 0.3) is 0 Å². The number of halogens is 4. The van der Waals surface area contributed by atoms with E-state index in [1.165, 1.54) is 0 Å². The number of aliphatic imine (C=N–C) groups is 2. The van der Waals surface area contributed by atoms with Crippen molar-refractivity contribution in [2.75, 3.05) is 37.0 Å². The first kappa shape index (κ1) is 32.7. The van der Waals surface area contributed by atoms with E-state index in [0.29, 0.717) is 10.0 Å². The second-order valence-corrected chi connectivity index (χ2v) is 11.8. The maximum absolute atomic E-state index is 12.0. The zero-order valence-corrected chi connectivity index (χ0v) is 27.0. The van der Waals surface area contributed by atoms with Crippen molar-refractivity contribution in [3.63, 3.8) is 0 Å². The summed E-state index contributed by atoms with van der Waals surface area (Å²) in [5, 5.41) is 1.27. The van der Waals surface area contributed by atoms with Crippen LogP contribution in [0.4, 0.5) is 11.4 Å². The molecular weight excluding hydrogens is 678 g/mol. The monoisotopic (exact) mass is 701 g/mol. The van der Waals surface area contributed by atoms with Gasteiger partial charge in [0.2, 0.25) is 11.8 Å². The summed E-state index contributed by atoms with van der Waals surface area (Å²) in [4.78, 5) is 36.3. The third kappa shape index (κ3) is 8.07. The quantitative estimate of drug-likeness (QED) is 0.201. The third-order valence-corrected chi connectivity index (χ3v) is 7.21. The van der Waals surface area contributed by atoms with Gasteiger partial charge in [0.15, 0.2) is 0 Å². The number of hydrogen-bond donors (Lipinski definition) is 0. The van der Waals surface area contributed by atoms with E-state index in [4.69, 9.17) is 23.2 Å². The van der Waals surface area contributed by atoms with Crippen molar-refractivity contribution in [2.45, 2.75) is 0 Å². The van der Waals surface area contributed by atoms with Crippen LogP contribution in [0.1, 0.15) is 22.3 Å². The van der Waals surface area contributed by atoms with E-state index in [2.05, 4.69) is 30.2 Å². The fourth-order valence-corrected chi connectivity index (χ4v) is 4.96. The number of fused-ring (bicyclic) bond motifs is 2. The number of anilines is 2. The predicted molar refractivity (Wildman–Crippen MR) is 175 cm³/mol. The zero-order chi connectivity index (χ0) is 30.9.